The summed E-state index contributed by atoms with van der Waals surface area (Å²) in [4.78, 5) is 26.0. The van der Waals surface area contributed by atoms with E-state index < -0.39 is 11.7 Å². The fourth-order valence-electron chi connectivity index (χ4n) is 3.89. The zero-order chi connectivity index (χ0) is 18.8. The Bertz CT molecular complexity index is 1020. The number of aryl methyl sites for hydroxylation is 1. The minimum Gasteiger partial charge on any atom is -0.343 e. The largest absolute Gasteiger partial charge is 0.343 e. The molecule has 5 heteroatoms. The molecule has 1 amide bonds. The van der Waals surface area contributed by atoms with Crippen LogP contribution in [0.5, 0.6) is 0 Å². The normalized spacial score (nSPS) is 13.8. The third-order valence-electron chi connectivity index (χ3n) is 5.21. The molecule has 0 bridgehead atoms. The van der Waals surface area contributed by atoms with E-state index >= 15 is 0 Å². The van der Waals surface area contributed by atoms with Crippen molar-refractivity contribution in [2.45, 2.75) is 26.3 Å². The molecule has 0 aliphatic carbocycles. The Kier molecular flexibility index (Phi) is 4.77. The number of para-hydroxylation sites is 2. The molecule has 0 saturated carbocycles. The number of benzene rings is 2. The van der Waals surface area contributed by atoms with Gasteiger partial charge < -0.3 is 15.2 Å². The van der Waals surface area contributed by atoms with Crippen LogP contribution in [0.15, 0.2) is 48.5 Å². The lowest BCUT2D eigenvalue weighted by Gasteiger charge is -2.10. The summed E-state index contributed by atoms with van der Waals surface area (Å²) >= 11 is 0. The summed E-state index contributed by atoms with van der Waals surface area (Å²) < 4.78 is 2.18. The van der Waals surface area contributed by atoms with Crippen LogP contribution in [0, 0.1) is 0 Å². The van der Waals surface area contributed by atoms with Gasteiger partial charge in [-0.2, -0.15) is 0 Å². The Morgan fingerprint density at radius 2 is 1.85 bits per heavy atom. The van der Waals surface area contributed by atoms with Crippen molar-refractivity contribution in [3.8, 4) is 0 Å². The molecule has 0 radical (unpaired) electrons. The molecule has 3 aromatic rings. The van der Waals surface area contributed by atoms with Crippen LogP contribution in [-0.2, 0) is 24.2 Å². The number of fused-ring (bicyclic) bond motifs is 3. The second-order valence-electron chi connectivity index (χ2n) is 6.78. The van der Waals surface area contributed by atoms with E-state index in [-0.39, 0.29) is 0 Å². The van der Waals surface area contributed by atoms with E-state index in [0.717, 1.165) is 54.6 Å². The van der Waals surface area contributed by atoms with Gasteiger partial charge in [0.2, 0.25) is 0 Å². The Morgan fingerprint density at radius 1 is 1.07 bits per heavy atom. The van der Waals surface area contributed by atoms with Gasteiger partial charge in [0.15, 0.2) is 0 Å². The number of ketones is 1. The lowest BCUT2D eigenvalue weighted by atomic mass is 10.0. The number of aromatic nitrogens is 1. The van der Waals surface area contributed by atoms with Crippen molar-refractivity contribution in [2.24, 2.45) is 0 Å². The van der Waals surface area contributed by atoms with Crippen LogP contribution in [0.2, 0.25) is 0 Å². The highest BCUT2D eigenvalue weighted by Gasteiger charge is 2.27. The van der Waals surface area contributed by atoms with Gasteiger partial charge in [0.05, 0.1) is 5.56 Å². The van der Waals surface area contributed by atoms with Gasteiger partial charge in [-0.25, -0.2) is 0 Å². The van der Waals surface area contributed by atoms with E-state index in [0.29, 0.717) is 11.3 Å². The van der Waals surface area contributed by atoms with Crippen LogP contribution in [0.3, 0.4) is 0 Å². The van der Waals surface area contributed by atoms with Gasteiger partial charge in [-0.05, 0) is 24.1 Å². The molecule has 0 unspecified atom stereocenters. The fourth-order valence-corrected chi connectivity index (χ4v) is 3.89. The third-order valence-corrected chi connectivity index (χ3v) is 5.21. The number of anilines is 1. The van der Waals surface area contributed by atoms with Gasteiger partial charge in [0, 0.05) is 48.3 Å². The van der Waals surface area contributed by atoms with Crippen LogP contribution in [0.4, 0.5) is 5.69 Å². The van der Waals surface area contributed by atoms with Crippen molar-refractivity contribution in [1.29, 1.82) is 0 Å². The summed E-state index contributed by atoms with van der Waals surface area (Å²) in [6, 6.07) is 15.4. The van der Waals surface area contributed by atoms with Crippen molar-refractivity contribution >= 4 is 28.3 Å². The molecule has 2 aromatic carbocycles. The molecule has 1 aromatic heterocycles. The summed E-state index contributed by atoms with van der Waals surface area (Å²) in [5, 5.41) is 7.05. The number of nitrogens with one attached hydrogen (secondary N) is 2. The Labute approximate surface area is 158 Å². The predicted octanol–water partition coefficient (Wildman–Crippen LogP) is 3.17. The zero-order valence-corrected chi connectivity index (χ0v) is 15.4. The summed E-state index contributed by atoms with van der Waals surface area (Å²) in [5.41, 5.74) is 4.23. The average Bonchev–Trinajstić information content (AvgIpc) is 2.83. The van der Waals surface area contributed by atoms with Crippen molar-refractivity contribution in [1.82, 2.24) is 9.88 Å². The first kappa shape index (κ1) is 17.5. The molecule has 5 nitrogen and oxygen atoms in total. The highest BCUT2D eigenvalue weighted by Crippen LogP contribution is 2.28. The monoisotopic (exact) mass is 361 g/mol. The second kappa shape index (κ2) is 7.37. The minimum absolute atomic E-state index is 0.465. The molecule has 2 heterocycles. The van der Waals surface area contributed by atoms with Crippen LogP contribution < -0.4 is 10.6 Å². The molecule has 0 saturated heterocycles. The molecule has 0 spiro atoms. The maximum atomic E-state index is 13.2. The zero-order valence-electron chi connectivity index (χ0n) is 15.4. The lowest BCUT2D eigenvalue weighted by Crippen LogP contribution is -2.25. The number of rotatable bonds is 4. The molecule has 27 heavy (non-hydrogen) atoms. The number of Topliss-reactive ketones (excluding diaryl/α,β-unsaturated/α-hetero) is 1. The number of carbonyl (C=O) groups is 2. The fraction of sp³-hybridized carbons (Fsp3) is 0.273. The van der Waals surface area contributed by atoms with Crippen molar-refractivity contribution in [3.05, 3.63) is 65.4 Å². The second-order valence-corrected chi connectivity index (χ2v) is 6.78. The Morgan fingerprint density at radius 3 is 2.70 bits per heavy atom. The molecule has 0 atom stereocenters. The molecular weight excluding hydrogens is 338 g/mol. The van der Waals surface area contributed by atoms with Gasteiger partial charge in [-0.3, -0.25) is 9.59 Å². The van der Waals surface area contributed by atoms with Crippen molar-refractivity contribution in [3.63, 3.8) is 0 Å². The van der Waals surface area contributed by atoms with E-state index in [1.807, 2.05) is 55.5 Å². The van der Waals surface area contributed by atoms with E-state index in [4.69, 9.17) is 0 Å². The molecule has 138 valence electrons. The number of nitrogens with zero attached hydrogens (tertiary/aromatic N) is 1. The summed E-state index contributed by atoms with van der Waals surface area (Å²) in [5.74, 6) is -1.04. The number of carbonyl (C=O) groups excluding carboxylic acids is 2. The van der Waals surface area contributed by atoms with E-state index in [2.05, 4.69) is 15.2 Å². The van der Waals surface area contributed by atoms with Crippen LogP contribution in [0.1, 0.15) is 28.5 Å². The molecule has 1 aliphatic rings. The SMILES string of the molecule is CCc1ccccc1NC(=O)C(=O)c1c2n(c3ccccc13)CCNCC2. The highest BCUT2D eigenvalue weighted by atomic mass is 16.2. The lowest BCUT2D eigenvalue weighted by molar-refractivity contribution is -0.112. The summed E-state index contributed by atoms with van der Waals surface area (Å²) in [6.45, 7) is 4.48. The van der Waals surface area contributed by atoms with Crippen LogP contribution in [-0.4, -0.2) is 29.3 Å². The van der Waals surface area contributed by atoms with Gasteiger partial charge in [-0.15, -0.1) is 0 Å². The number of amides is 1. The Balaban J connectivity index is 1.74. The topological polar surface area (TPSA) is 63.1 Å². The molecular formula is C22H23N3O2. The van der Waals surface area contributed by atoms with Crippen molar-refractivity contribution < 1.29 is 9.59 Å². The van der Waals surface area contributed by atoms with Crippen LogP contribution in [0.25, 0.3) is 10.9 Å². The number of hydrogen-bond acceptors (Lipinski definition) is 3. The number of hydrogen-bond donors (Lipinski definition) is 2. The molecule has 2 N–H and O–H groups in total. The quantitative estimate of drug-likeness (QED) is 0.554. The summed E-state index contributed by atoms with van der Waals surface area (Å²) in [7, 11) is 0. The predicted molar refractivity (Wildman–Crippen MR) is 107 cm³/mol. The standard InChI is InChI=1S/C22H23N3O2/c1-2-15-7-3-5-9-17(15)24-22(27)21(26)20-16-8-4-6-10-18(16)25-14-13-23-12-11-19(20)25/h3-10,23H,2,11-14H2,1H3,(H,24,27). The smallest absolute Gasteiger partial charge is 0.296 e. The molecule has 4 rings (SSSR count). The third kappa shape index (κ3) is 3.15. The maximum absolute atomic E-state index is 13.2. The van der Waals surface area contributed by atoms with Gasteiger partial charge >= 0.3 is 0 Å². The van der Waals surface area contributed by atoms with Crippen LogP contribution >= 0.6 is 0 Å². The van der Waals surface area contributed by atoms with E-state index in [9.17, 15) is 9.59 Å². The molecule has 1 aliphatic heterocycles. The average molecular weight is 361 g/mol. The van der Waals surface area contributed by atoms with Gasteiger partial charge in [0.25, 0.3) is 11.7 Å². The minimum atomic E-state index is -0.577. The van der Waals surface area contributed by atoms with E-state index in [1.165, 1.54) is 0 Å². The first-order chi connectivity index (χ1) is 13.2. The van der Waals surface area contributed by atoms with Gasteiger partial charge in [0.1, 0.15) is 0 Å². The maximum Gasteiger partial charge on any atom is 0.296 e. The first-order valence-electron chi connectivity index (χ1n) is 9.45. The highest BCUT2D eigenvalue weighted by molar-refractivity contribution is 6.48. The van der Waals surface area contributed by atoms with Gasteiger partial charge in [-0.1, -0.05) is 43.3 Å². The van der Waals surface area contributed by atoms with E-state index in [1.54, 1.807) is 0 Å². The summed E-state index contributed by atoms with van der Waals surface area (Å²) in [6.07, 6.45) is 1.52. The molecule has 0 fully saturated rings. The van der Waals surface area contributed by atoms with Crippen molar-refractivity contribution in [2.75, 3.05) is 18.4 Å². The Hall–Kier alpha value is -2.92. The first-order valence-corrected chi connectivity index (χ1v) is 9.45.